The van der Waals surface area contributed by atoms with Gasteiger partial charge in [0.25, 0.3) is 0 Å². The predicted octanol–water partition coefficient (Wildman–Crippen LogP) is 15.5. The van der Waals surface area contributed by atoms with Gasteiger partial charge in [-0.3, -0.25) is 0 Å². The molecule has 0 radical (unpaired) electrons. The zero-order valence-corrected chi connectivity index (χ0v) is 32.7. The van der Waals surface area contributed by atoms with E-state index in [-0.39, 0.29) is 0 Å². The summed E-state index contributed by atoms with van der Waals surface area (Å²) in [6.07, 6.45) is 0. The largest absolute Gasteiger partial charge is 0.311 e. The highest BCUT2D eigenvalue weighted by Crippen LogP contribution is 2.39. The van der Waals surface area contributed by atoms with Gasteiger partial charge in [-0.15, -0.1) is 0 Å². The fraction of sp³-hybridized carbons (Fsp3) is 0.0357. The fourth-order valence-electron chi connectivity index (χ4n) is 8.33. The molecule has 0 bridgehead atoms. The molecule has 0 fully saturated rings. The first-order valence-corrected chi connectivity index (χ1v) is 20.0. The maximum Gasteiger partial charge on any atom is 0.0541 e. The van der Waals surface area contributed by atoms with Gasteiger partial charge in [-0.25, -0.2) is 0 Å². The summed E-state index contributed by atoms with van der Waals surface area (Å²) in [6.45, 7) is 4.34. The molecule has 0 aliphatic heterocycles. The maximum atomic E-state index is 2.39. The molecule has 10 rings (SSSR count). The lowest BCUT2D eigenvalue weighted by Crippen LogP contribution is -2.09. The minimum atomic E-state index is 1.10. The molecule has 276 valence electrons. The predicted molar refractivity (Wildman–Crippen MR) is 247 cm³/mol. The van der Waals surface area contributed by atoms with Gasteiger partial charge in [0.15, 0.2) is 0 Å². The lowest BCUT2D eigenvalue weighted by molar-refractivity contribution is 1.18. The fourth-order valence-corrected chi connectivity index (χ4v) is 8.33. The lowest BCUT2D eigenvalue weighted by Gasteiger charge is -2.26. The normalized spacial score (nSPS) is 11.3. The molecule has 0 aliphatic rings. The Bertz CT molecular complexity index is 2950. The minimum absolute atomic E-state index is 1.10. The molecule has 58 heavy (non-hydrogen) atoms. The molecule has 0 amide bonds. The van der Waals surface area contributed by atoms with E-state index in [0.29, 0.717) is 0 Å². The average molecular weight is 743 g/mol. The van der Waals surface area contributed by atoms with Crippen LogP contribution in [0.5, 0.6) is 0 Å². The van der Waals surface area contributed by atoms with E-state index in [1.165, 1.54) is 77.4 Å². The van der Waals surface area contributed by atoms with Crippen LogP contribution < -0.4 is 4.90 Å². The van der Waals surface area contributed by atoms with Gasteiger partial charge in [-0.2, -0.15) is 0 Å². The Kier molecular flexibility index (Phi) is 9.01. The van der Waals surface area contributed by atoms with Crippen LogP contribution in [-0.4, -0.2) is 4.57 Å². The van der Waals surface area contributed by atoms with Crippen molar-refractivity contribution >= 4 is 38.9 Å². The van der Waals surface area contributed by atoms with E-state index in [4.69, 9.17) is 0 Å². The van der Waals surface area contributed by atoms with Gasteiger partial charge in [0, 0.05) is 33.5 Å². The van der Waals surface area contributed by atoms with Crippen LogP contribution >= 0.6 is 0 Å². The van der Waals surface area contributed by atoms with Crippen molar-refractivity contribution in [3.63, 3.8) is 0 Å². The van der Waals surface area contributed by atoms with E-state index in [1.807, 2.05) is 0 Å². The van der Waals surface area contributed by atoms with Crippen molar-refractivity contribution in [3.8, 4) is 50.2 Å². The monoisotopic (exact) mass is 742 g/mol. The average Bonchev–Trinajstić information content (AvgIpc) is 3.60. The Morgan fingerprint density at radius 3 is 1.07 bits per heavy atom. The van der Waals surface area contributed by atoms with E-state index in [9.17, 15) is 0 Å². The third-order valence-electron chi connectivity index (χ3n) is 11.3. The van der Waals surface area contributed by atoms with E-state index in [1.54, 1.807) is 0 Å². The number of aromatic nitrogens is 1. The Hall–Kier alpha value is -7.42. The van der Waals surface area contributed by atoms with E-state index in [0.717, 1.165) is 22.7 Å². The quantitative estimate of drug-likeness (QED) is 0.150. The van der Waals surface area contributed by atoms with Crippen LogP contribution in [0.2, 0.25) is 0 Å². The third kappa shape index (κ3) is 6.65. The van der Waals surface area contributed by atoms with Gasteiger partial charge in [0.1, 0.15) is 0 Å². The minimum Gasteiger partial charge on any atom is -0.311 e. The number of rotatable bonds is 8. The Morgan fingerprint density at radius 1 is 0.293 bits per heavy atom. The zero-order valence-electron chi connectivity index (χ0n) is 32.7. The van der Waals surface area contributed by atoms with Crippen molar-refractivity contribution in [2.45, 2.75) is 13.8 Å². The van der Waals surface area contributed by atoms with Crippen LogP contribution in [-0.2, 0) is 0 Å². The molecule has 10 aromatic rings. The molecule has 2 heteroatoms. The first-order valence-electron chi connectivity index (χ1n) is 20.0. The van der Waals surface area contributed by atoms with Gasteiger partial charge in [0.2, 0.25) is 0 Å². The van der Waals surface area contributed by atoms with Gasteiger partial charge >= 0.3 is 0 Å². The Morgan fingerprint density at radius 2 is 0.638 bits per heavy atom. The molecule has 9 aromatic carbocycles. The molecule has 2 nitrogen and oxygen atoms in total. The summed E-state index contributed by atoms with van der Waals surface area (Å²) in [5.74, 6) is 0. The number of aryl methyl sites for hydroxylation is 2. The van der Waals surface area contributed by atoms with Gasteiger partial charge in [-0.1, -0.05) is 151 Å². The highest BCUT2D eigenvalue weighted by Gasteiger charge is 2.16. The van der Waals surface area contributed by atoms with Crippen LogP contribution in [0, 0.1) is 13.8 Å². The van der Waals surface area contributed by atoms with Crippen molar-refractivity contribution in [2.24, 2.45) is 0 Å². The summed E-state index contributed by atoms with van der Waals surface area (Å²) in [5.41, 5.74) is 19.1. The molecule has 0 saturated heterocycles. The van der Waals surface area contributed by atoms with Crippen LogP contribution in [0.25, 0.3) is 72.0 Å². The molecular formula is C56H42N2. The first kappa shape index (κ1) is 35.0. The highest BCUT2D eigenvalue weighted by molar-refractivity contribution is 6.09. The summed E-state index contributed by atoms with van der Waals surface area (Å²) < 4.78 is 2.39. The first-order chi connectivity index (χ1) is 28.6. The second-order valence-electron chi connectivity index (χ2n) is 15.2. The molecular weight excluding hydrogens is 701 g/mol. The highest BCUT2D eigenvalue weighted by atomic mass is 15.1. The lowest BCUT2D eigenvalue weighted by atomic mass is 9.99. The molecule has 1 aromatic heterocycles. The van der Waals surface area contributed by atoms with Crippen molar-refractivity contribution in [2.75, 3.05) is 4.90 Å². The molecule has 0 unspecified atom stereocenters. The van der Waals surface area contributed by atoms with Crippen LogP contribution in [0.15, 0.2) is 218 Å². The topological polar surface area (TPSA) is 8.17 Å². The smallest absolute Gasteiger partial charge is 0.0541 e. The summed E-state index contributed by atoms with van der Waals surface area (Å²) >= 11 is 0. The Labute approximate surface area is 340 Å². The van der Waals surface area contributed by atoms with Crippen molar-refractivity contribution in [1.29, 1.82) is 0 Å². The van der Waals surface area contributed by atoms with Crippen LogP contribution in [0.1, 0.15) is 11.1 Å². The van der Waals surface area contributed by atoms with Crippen molar-refractivity contribution in [1.82, 2.24) is 4.57 Å². The molecule has 0 saturated carbocycles. The number of hydrogen-bond acceptors (Lipinski definition) is 1. The summed E-state index contributed by atoms with van der Waals surface area (Å²) in [4.78, 5) is 2.34. The van der Waals surface area contributed by atoms with Crippen molar-refractivity contribution < 1.29 is 0 Å². The number of nitrogens with zero attached hydrogens (tertiary/aromatic N) is 2. The van der Waals surface area contributed by atoms with E-state index in [2.05, 4.69) is 242 Å². The zero-order chi connectivity index (χ0) is 39.0. The second-order valence-corrected chi connectivity index (χ2v) is 15.2. The third-order valence-corrected chi connectivity index (χ3v) is 11.3. The number of fused-ring (bicyclic) bond motifs is 3. The van der Waals surface area contributed by atoms with E-state index >= 15 is 0 Å². The Balaban J connectivity index is 0.981. The van der Waals surface area contributed by atoms with E-state index < -0.39 is 0 Å². The molecule has 1 heterocycles. The number of anilines is 3. The maximum absolute atomic E-state index is 2.39. The SMILES string of the molecule is Cc1ccc2c(c1)c1cc(C)ccc1n2-c1ccc(-c2ccc(N(c3ccc(-c4ccccc4)cc3)c3ccc(-c4cccc(-c5ccccc5)c4)cc3)cc2)cc1. The van der Waals surface area contributed by atoms with Gasteiger partial charge in [-0.05, 0) is 137 Å². The van der Waals surface area contributed by atoms with Gasteiger partial charge in [0.05, 0.1) is 11.0 Å². The van der Waals surface area contributed by atoms with Crippen LogP contribution in [0.3, 0.4) is 0 Å². The number of benzene rings is 9. The summed E-state index contributed by atoms with van der Waals surface area (Å²) in [6, 6.07) is 79.3. The van der Waals surface area contributed by atoms with Crippen LogP contribution in [0.4, 0.5) is 17.1 Å². The molecule has 0 N–H and O–H groups in total. The summed E-state index contributed by atoms with van der Waals surface area (Å²) in [5, 5.41) is 2.59. The molecule has 0 atom stereocenters. The number of hydrogen-bond donors (Lipinski definition) is 0. The van der Waals surface area contributed by atoms with Gasteiger partial charge < -0.3 is 9.47 Å². The summed E-state index contributed by atoms with van der Waals surface area (Å²) in [7, 11) is 0. The van der Waals surface area contributed by atoms with Crippen molar-refractivity contribution in [3.05, 3.63) is 230 Å². The molecule has 0 spiro atoms. The standard InChI is InChI=1S/C56H42N2/c1-39-16-34-55-53(36-39)54-37-40(2)17-35-56(54)58(55)52-32-22-45(23-33-52)44-20-28-50(29-21-44)57(49-26-18-43(19-27-49)41-10-5-3-6-11-41)51-30-24-46(25-31-51)48-15-9-14-47(38-48)42-12-7-4-8-13-42/h3-38H,1-2H3. The second kappa shape index (κ2) is 14.9. The molecule has 0 aliphatic carbocycles.